The molecule has 0 radical (unpaired) electrons. The summed E-state index contributed by atoms with van der Waals surface area (Å²) in [5.41, 5.74) is 2.65. The number of aliphatic imine (C=N–C) groups is 1. The van der Waals surface area contributed by atoms with Gasteiger partial charge in [-0.3, -0.25) is 9.98 Å². The molecule has 2 aromatic rings. The number of nitrogens with zero attached hydrogens (tertiary/aromatic N) is 2. The first-order valence-corrected chi connectivity index (χ1v) is 7.74. The Morgan fingerprint density at radius 3 is 2.58 bits per heavy atom. The molecule has 24 heavy (non-hydrogen) atoms. The Labute approximate surface area is 142 Å². The number of carbonyl (C=O) groups excluding carboxylic acids is 1. The van der Waals surface area contributed by atoms with Crippen LogP contribution in [-0.4, -0.2) is 37.6 Å². The van der Waals surface area contributed by atoms with Gasteiger partial charge >= 0.3 is 5.97 Å². The SMILES string of the molecule is CN=C(NCCc1ccc(C(=O)OC)cc1)NCc1ccccn1. The predicted molar refractivity (Wildman–Crippen MR) is 93.9 cm³/mol. The number of benzene rings is 1. The van der Waals surface area contributed by atoms with Crippen molar-refractivity contribution in [1.29, 1.82) is 0 Å². The van der Waals surface area contributed by atoms with Gasteiger partial charge in [-0.25, -0.2) is 4.79 Å². The zero-order valence-corrected chi connectivity index (χ0v) is 14.0. The third kappa shape index (κ3) is 5.39. The number of aromatic nitrogens is 1. The number of nitrogens with one attached hydrogen (secondary N) is 2. The lowest BCUT2D eigenvalue weighted by Crippen LogP contribution is -2.38. The van der Waals surface area contributed by atoms with E-state index in [1.54, 1.807) is 25.4 Å². The van der Waals surface area contributed by atoms with Crippen LogP contribution in [0.1, 0.15) is 21.6 Å². The summed E-state index contributed by atoms with van der Waals surface area (Å²) in [6.07, 6.45) is 2.59. The van der Waals surface area contributed by atoms with E-state index in [0.29, 0.717) is 12.1 Å². The van der Waals surface area contributed by atoms with E-state index in [9.17, 15) is 4.79 Å². The molecule has 1 aromatic carbocycles. The smallest absolute Gasteiger partial charge is 0.337 e. The van der Waals surface area contributed by atoms with Crippen LogP contribution in [0, 0.1) is 0 Å². The van der Waals surface area contributed by atoms with Crippen LogP contribution in [0.25, 0.3) is 0 Å². The van der Waals surface area contributed by atoms with Crippen molar-refractivity contribution in [1.82, 2.24) is 15.6 Å². The third-order valence-electron chi connectivity index (χ3n) is 3.47. The number of hydrogen-bond acceptors (Lipinski definition) is 4. The Morgan fingerprint density at radius 1 is 1.17 bits per heavy atom. The molecule has 0 aliphatic carbocycles. The van der Waals surface area contributed by atoms with E-state index in [-0.39, 0.29) is 5.97 Å². The molecule has 2 N–H and O–H groups in total. The maximum Gasteiger partial charge on any atom is 0.337 e. The van der Waals surface area contributed by atoms with Crippen LogP contribution in [-0.2, 0) is 17.7 Å². The van der Waals surface area contributed by atoms with Crippen LogP contribution in [0.4, 0.5) is 0 Å². The predicted octanol–water partition coefficient (Wildman–Crippen LogP) is 1.78. The lowest BCUT2D eigenvalue weighted by Gasteiger charge is -2.11. The van der Waals surface area contributed by atoms with Crippen LogP contribution < -0.4 is 10.6 Å². The van der Waals surface area contributed by atoms with Gasteiger partial charge in [0.25, 0.3) is 0 Å². The first-order chi connectivity index (χ1) is 11.7. The quantitative estimate of drug-likeness (QED) is 0.481. The number of carbonyl (C=O) groups is 1. The number of rotatable bonds is 6. The summed E-state index contributed by atoms with van der Waals surface area (Å²) in [5.74, 6) is 0.408. The maximum absolute atomic E-state index is 11.4. The molecule has 126 valence electrons. The Bertz CT molecular complexity index is 669. The molecule has 0 saturated carbocycles. The average Bonchev–Trinajstić information content (AvgIpc) is 2.65. The molecule has 0 saturated heterocycles. The lowest BCUT2D eigenvalue weighted by molar-refractivity contribution is 0.0600. The van der Waals surface area contributed by atoms with Crippen LogP contribution in [0.15, 0.2) is 53.7 Å². The summed E-state index contributed by atoms with van der Waals surface area (Å²) in [6, 6.07) is 13.2. The van der Waals surface area contributed by atoms with Gasteiger partial charge in [0.1, 0.15) is 0 Å². The highest BCUT2D eigenvalue weighted by atomic mass is 16.5. The number of ether oxygens (including phenoxy) is 1. The fourth-order valence-electron chi connectivity index (χ4n) is 2.15. The van der Waals surface area contributed by atoms with Gasteiger partial charge in [0.05, 0.1) is 24.9 Å². The monoisotopic (exact) mass is 326 g/mol. The zero-order valence-electron chi connectivity index (χ0n) is 14.0. The molecule has 0 spiro atoms. The summed E-state index contributed by atoms with van der Waals surface area (Å²) < 4.78 is 4.69. The normalized spacial score (nSPS) is 11.0. The lowest BCUT2D eigenvalue weighted by atomic mass is 10.1. The van der Waals surface area contributed by atoms with E-state index in [0.717, 1.165) is 30.2 Å². The molecular weight excluding hydrogens is 304 g/mol. The van der Waals surface area contributed by atoms with Crippen molar-refractivity contribution in [3.8, 4) is 0 Å². The van der Waals surface area contributed by atoms with Gasteiger partial charge < -0.3 is 15.4 Å². The van der Waals surface area contributed by atoms with Crippen LogP contribution >= 0.6 is 0 Å². The molecule has 0 atom stereocenters. The van der Waals surface area contributed by atoms with Crippen molar-refractivity contribution in [2.75, 3.05) is 20.7 Å². The van der Waals surface area contributed by atoms with E-state index in [1.165, 1.54) is 7.11 Å². The topological polar surface area (TPSA) is 75.6 Å². The maximum atomic E-state index is 11.4. The van der Waals surface area contributed by atoms with Gasteiger partial charge in [0, 0.05) is 19.8 Å². The highest BCUT2D eigenvalue weighted by molar-refractivity contribution is 5.89. The summed E-state index contributed by atoms with van der Waals surface area (Å²) in [5, 5.41) is 6.48. The van der Waals surface area contributed by atoms with Gasteiger partial charge in [0.15, 0.2) is 5.96 Å². The second-order valence-corrected chi connectivity index (χ2v) is 5.11. The zero-order chi connectivity index (χ0) is 17.2. The van der Waals surface area contributed by atoms with Crippen molar-refractivity contribution >= 4 is 11.9 Å². The van der Waals surface area contributed by atoms with Crippen molar-refractivity contribution in [3.05, 3.63) is 65.5 Å². The van der Waals surface area contributed by atoms with Crippen LogP contribution in [0.3, 0.4) is 0 Å². The third-order valence-corrected chi connectivity index (χ3v) is 3.47. The second-order valence-electron chi connectivity index (χ2n) is 5.11. The first kappa shape index (κ1) is 17.5. The molecule has 0 fully saturated rings. The van der Waals surface area contributed by atoms with E-state index in [2.05, 4.69) is 25.3 Å². The van der Waals surface area contributed by atoms with E-state index >= 15 is 0 Å². The molecule has 0 amide bonds. The minimum atomic E-state index is -0.321. The number of hydrogen-bond donors (Lipinski definition) is 2. The number of pyridine rings is 1. The highest BCUT2D eigenvalue weighted by Gasteiger charge is 2.04. The van der Waals surface area contributed by atoms with Gasteiger partial charge in [-0.2, -0.15) is 0 Å². The second kappa shape index (κ2) is 9.29. The number of guanidine groups is 1. The van der Waals surface area contributed by atoms with Gasteiger partial charge in [-0.1, -0.05) is 18.2 Å². The minimum Gasteiger partial charge on any atom is -0.465 e. The van der Waals surface area contributed by atoms with Crippen LogP contribution in [0.5, 0.6) is 0 Å². The molecule has 1 heterocycles. The van der Waals surface area contributed by atoms with Gasteiger partial charge in [0.2, 0.25) is 0 Å². The Kier molecular flexibility index (Phi) is 6.76. The number of methoxy groups -OCH3 is 1. The fourth-order valence-corrected chi connectivity index (χ4v) is 2.15. The molecule has 6 nitrogen and oxygen atoms in total. The molecule has 0 bridgehead atoms. The average molecular weight is 326 g/mol. The van der Waals surface area contributed by atoms with E-state index in [1.807, 2.05) is 30.3 Å². The number of esters is 1. The molecule has 0 unspecified atom stereocenters. The summed E-state index contributed by atoms with van der Waals surface area (Å²) in [7, 11) is 3.11. The Balaban J connectivity index is 1.76. The van der Waals surface area contributed by atoms with Gasteiger partial charge in [-0.05, 0) is 36.2 Å². The molecule has 1 aromatic heterocycles. The Hall–Kier alpha value is -2.89. The summed E-state index contributed by atoms with van der Waals surface area (Å²) >= 11 is 0. The highest BCUT2D eigenvalue weighted by Crippen LogP contribution is 2.06. The van der Waals surface area contributed by atoms with Crippen molar-refractivity contribution < 1.29 is 9.53 Å². The van der Waals surface area contributed by atoms with Gasteiger partial charge in [-0.15, -0.1) is 0 Å². The first-order valence-electron chi connectivity index (χ1n) is 7.74. The van der Waals surface area contributed by atoms with Crippen LogP contribution in [0.2, 0.25) is 0 Å². The Morgan fingerprint density at radius 2 is 1.96 bits per heavy atom. The van der Waals surface area contributed by atoms with Crippen molar-refractivity contribution in [2.45, 2.75) is 13.0 Å². The van der Waals surface area contributed by atoms with Crippen molar-refractivity contribution in [3.63, 3.8) is 0 Å². The molecule has 6 heteroatoms. The summed E-state index contributed by atoms with van der Waals surface area (Å²) in [4.78, 5) is 19.8. The fraction of sp³-hybridized carbons (Fsp3) is 0.278. The van der Waals surface area contributed by atoms with E-state index < -0.39 is 0 Å². The largest absolute Gasteiger partial charge is 0.465 e. The molecule has 0 aliphatic rings. The minimum absolute atomic E-state index is 0.321. The molecule has 2 rings (SSSR count). The molecule has 0 aliphatic heterocycles. The standard InChI is InChI=1S/C18H22N4O2/c1-19-18(22-13-16-5-3-4-11-20-16)21-12-10-14-6-8-15(9-7-14)17(23)24-2/h3-9,11H,10,12-13H2,1-2H3,(H2,19,21,22). The van der Waals surface area contributed by atoms with E-state index in [4.69, 9.17) is 0 Å². The van der Waals surface area contributed by atoms with Crippen molar-refractivity contribution in [2.24, 2.45) is 4.99 Å². The molecular formula is C18H22N4O2. The summed E-state index contributed by atoms with van der Waals surface area (Å²) in [6.45, 7) is 1.35.